The number of aliphatic hydroxyl groups excluding tert-OH is 1. The summed E-state index contributed by atoms with van der Waals surface area (Å²) in [6.45, 7) is -5.62. The third-order valence-corrected chi connectivity index (χ3v) is 10.5. The van der Waals surface area contributed by atoms with E-state index in [1.54, 1.807) is 0 Å². The zero-order valence-corrected chi connectivity index (χ0v) is 25.6. The van der Waals surface area contributed by atoms with Gasteiger partial charge in [-0.15, -0.1) is 0 Å². The van der Waals surface area contributed by atoms with Crippen molar-refractivity contribution in [3.05, 3.63) is 25.3 Å². The summed E-state index contributed by atoms with van der Waals surface area (Å²) in [5, 5.41) is 11.2. The maximum absolute atomic E-state index is 16.1. The van der Waals surface area contributed by atoms with Gasteiger partial charge < -0.3 is 26.0 Å². The fourth-order valence-electron chi connectivity index (χ4n) is 5.28. The number of anilines is 2. The molecule has 24 heteroatoms. The Hall–Kier alpha value is -2.88. The fourth-order valence-corrected chi connectivity index (χ4v) is 7.87. The van der Waals surface area contributed by atoms with Gasteiger partial charge in [0.25, 0.3) is 0 Å². The molecule has 6 unspecified atom stereocenters. The molecule has 0 amide bonds. The highest BCUT2D eigenvalue weighted by Crippen LogP contribution is 2.59. The SMILES string of the molecule is COP1(=O)OC[C@H]2OC(n3cnc4c(N)ncnc43)C(O[P@@](=O)(S)OC[C@H]3O[C@@H](n4cnc5c(N)ncnc54)C(F)C3O1)C2O. The number of alkyl halides is 1. The molecule has 7 heterocycles. The third-order valence-electron chi connectivity index (χ3n) is 7.43. The first-order valence-electron chi connectivity index (χ1n) is 13.1. The van der Waals surface area contributed by atoms with Crippen molar-refractivity contribution in [1.82, 2.24) is 39.0 Å². The fraction of sp³-hybridized carbons (Fsp3) is 0.524. The number of aromatic nitrogens is 8. The van der Waals surface area contributed by atoms with E-state index < -0.39 is 77.0 Å². The molecule has 0 aromatic carbocycles. The molecule has 45 heavy (non-hydrogen) atoms. The zero-order chi connectivity index (χ0) is 31.7. The molecule has 2 bridgehead atoms. The molecule has 0 aliphatic carbocycles. The summed E-state index contributed by atoms with van der Waals surface area (Å²) in [6, 6.07) is 0. The summed E-state index contributed by atoms with van der Waals surface area (Å²) in [7, 11) is -3.54. The normalized spacial score (nSPS) is 37.7. The van der Waals surface area contributed by atoms with Gasteiger partial charge >= 0.3 is 14.6 Å². The number of thiol groups is 1. The van der Waals surface area contributed by atoms with Gasteiger partial charge in [0.15, 0.2) is 41.6 Å². The van der Waals surface area contributed by atoms with Gasteiger partial charge in [-0.1, -0.05) is 12.2 Å². The van der Waals surface area contributed by atoms with E-state index in [1.807, 2.05) is 0 Å². The first-order valence-corrected chi connectivity index (χ1v) is 17.3. The van der Waals surface area contributed by atoms with Crippen LogP contribution < -0.4 is 11.5 Å². The van der Waals surface area contributed by atoms with Gasteiger partial charge in [-0.3, -0.25) is 31.8 Å². The highest BCUT2D eigenvalue weighted by molar-refractivity contribution is 8.44. The van der Waals surface area contributed by atoms with Crippen LogP contribution in [0.4, 0.5) is 16.0 Å². The Labute approximate surface area is 256 Å². The number of nitrogens with zero attached hydrogens (tertiary/aromatic N) is 8. The second-order valence-electron chi connectivity index (χ2n) is 10.1. The standard InChI is InChI=1S/C21H25FN10O10P2S/c1-36-43(34)37-2-8-13(33)15(21(39-8)32-7-30-12-17(24)26-5-28-19(12)32)42-44(35,45)38-3-9-14(41-43)10(22)20(40-9)31-6-29-11-16(23)25-4-27-18(11)31/h4-10,13-15,20-21,33H,2-3H2,1H3,(H,35,45)(H2,23,25,27)(H2,24,26,28)/t8-,9-,10?,13?,14?,15?,20-,21?,43?,44+/m1/s1. The van der Waals surface area contributed by atoms with Crippen molar-refractivity contribution < 1.29 is 50.7 Å². The van der Waals surface area contributed by atoms with E-state index in [-0.39, 0.29) is 34.0 Å². The lowest BCUT2D eigenvalue weighted by molar-refractivity contribution is -0.0629. The van der Waals surface area contributed by atoms with Crippen molar-refractivity contribution in [2.75, 3.05) is 31.8 Å². The van der Waals surface area contributed by atoms with Crippen molar-refractivity contribution in [2.45, 2.75) is 49.1 Å². The Kier molecular flexibility index (Phi) is 7.81. The van der Waals surface area contributed by atoms with E-state index in [0.29, 0.717) is 0 Å². The van der Waals surface area contributed by atoms with Crippen LogP contribution in [0.2, 0.25) is 0 Å². The largest absolute Gasteiger partial charge is 0.475 e. The maximum Gasteiger partial charge on any atom is 0.475 e. The van der Waals surface area contributed by atoms with Crippen LogP contribution in [0, 0.1) is 0 Å². The summed E-state index contributed by atoms with van der Waals surface area (Å²) >= 11 is 4.08. The Morgan fingerprint density at radius 3 is 2.09 bits per heavy atom. The molecule has 20 nitrogen and oxygen atoms in total. The van der Waals surface area contributed by atoms with Crippen molar-refractivity contribution in [3.63, 3.8) is 0 Å². The number of hydrogen-bond acceptors (Lipinski definition) is 18. The van der Waals surface area contributed by atoms with Crippen LogP contribution in [0.15, 0.2) is 25.3 Å². The van der Waals surface area contributed by atoms with Crippen molar-refractivity contribution >= 4 is 60.8 Å². The van der Waals surface area contributed by atoms with Crippen LogP contribution in [0.3, 0.4) is 0 Å². The van der Waals surface area contributed by atoms with Crippen molar-refractivity contribution in [1.29, 1.82) is 0 Å². The van der Waals surface area contributed by atoms with Gasteiger partial charge in [-0.05, 0) is 0 Å². The predicted molar refractivity (Wildman–Crippen MR) is 151 cm³/mol. The van der Waals surface area contributed by atoms with Crippen molar-refractivity contribution in [2.24, 2.45) is 0 Å². The number of phosphoric acid groups is 1. The van der Waals surface area contributed by atoms with Gasteiger partial charge in [0.05, 0.1) is 25.9 Å². The molecular formula is C21H25FN10O10P2S. The minimum Gasteiger partial charge on any atom is -0.387 e. The highest BCUT2D eigenvalue weighted by atomic mass is 32.7. The molecule has 0 radical (unpaired) electrons. The predicted octanol–water partition coefficient (Wildman–Crippen LogP) is 0.934. The molecule has 10 atom stereocenters. The van der Waals surface area contributed by atoms with E-state index in [9.17, 15) is 14.2 Å². The quantitative estimate of drug-likeness (QED) is 0.172. The molecule has 0 saturated carbocycles. The summed E-state index contributed by atoms with van der Waals surface area (Å²) in [5.74, 6) is 0.130. The number of nitrogen functional groups attached to an aromatic ring is 2. The second-order valence-corrected chi connectivity index (χ2v) is 14.7. The van der Waals surface area contributed by atoms with Gasteiger partial charge in [-0.2, -0.15) is 0 Å². The molecule has 3 aliphatic rings. The number of imidazole rings is 2. The Balaban J connectivity index is 1.22. The van der Waals surface area contributed by atoms with Crippen LogP contribution in [-0.4, -0.2) is 101 Å². The van der Waals surface area contributed by atoms with Gasteiger partial charge in [0, 0.05) is 7.11 Å². The Morgan fingerprint density at radius 2 is 1.47 bits per heavy atom. The summed E-state index contributed by atoms with van der Waals surface area (Å²) < 4.78 is 85.0. The summed E-state index contributed by atoms with van der Waals surface area (Å²) in [4.78, 5) is 24.3. The number of phosphoric ester groups is 1. The van der Waals surface area contributed by atoms with Crippen molar-refractivity contribution in [3.8, 4) is 0 Å². The average molecular weight is 691 g/mol. The van der Waals surface area contributed by atoms with Gasteiger partial charge in [0.1, 0.15) is 54.2 Å². The Morgan fingerprint density at radius 1 is 0.889 bits per heavy atom. The number of rotatable bonds is 3. The molecule has 5 N–H and O–H groups in total. The Bertz CT molecular complexity index is 1850. The average Bonchev–Trinajstić information content (AvgIpc) is 3.77. The van der Waals surface area contributed by atoms with Crippen LogP contribution in [0.25, 0.3) is 22.3 Å². The van der Waals surface area contributed by atoms with E-state index >= 15 is 4.39 Å². The molecule has 242 valence electrons. The van der Waals surface area contributed by atoms with E-state index in [4.69, 9.17) is 43.6 Å². The highest BCUT2D eigenvalue weighted by Gasteiger charge is 2.54. The summed E-state index contributed by atoms with van der Waals surface area (Å²) in [5.41, 5.74) is 12.5. The molecule has 0 spiro atoms. The molecule has 3 aliphatic heterocycles. The molecule has 4 aromatic heterocycles. The number of nitrogens with two attached hydrogens (primary N) is 2. The smallest absolute Gasteiger partial charge is 0.387 e. The van der Waals surface area contributed by atoms with E-state index in [1.165, 1.54) is 34.4 Å². The number of ether oxygens (including phenoxy) is 2. The lowest BCUT2D eigenvalue weighted by Gasteiger charge is -2.26. The molecule has 4 aromatic rings. The van der Waals surface area contributed by atoms with Crippen LogP contribution >= 0.6 is 26.9 Å². The van der Waals surface area contributed by atoms with E-state index in [2.05, 4.69) is 42.2 Å². The van der Waals surface area contributed by atoms with Gasteiger partial charge in [0.2, 0.25) is 0 Å². The van der Waals surface area contributed by atoms with Crippen LogP contribution in [-0.2, 0) is 41.2 Å². The van der Waals surface area contributed by atoms with E-state index in [0.717, 1.165) is 7.11 Å². The third kappa shape index (κ3) is 5.38. The zero-order valence-electron chi connectivity index (χ0n) is 22.9. The first kappa shape index (κ1) is 30.8. The number of aliphatic hydroxyl groups is 1. The maximum atomic E-state index is 16.1. The lowest BCUT2D eigenvalue weighted by Crippen LogP contribution is -2.35. The monoisotopic (exact) mass is 690 g/mol. The number of hydrogen-bond donors (Lipinski definition) is 4. The first-order chi connectivity index (χ1) is 21.5. The molecular weight excluding hydrogens is 665 g/mol. The minimum absolute atomic E-state index is 0.0525. The molecule has 7 rings (SSSR count). The van der Waals surface area contributed by atoms with Gasteiger partial charge in [-0.25, -0.2) is 43.4 Å². The second kappa shape index (κ2) is 11.4. The molecule has 3 fully saturated rings. The topological polar surface area (TPSA) is 258 Å². The lowest BCUT2D eigenvalue weighted by atomic mass is 10.1. The summed E-state index contributed by atoms with van der Waals surface area (Å²) in [6.07, 6.45) is -7.11. The number of halogens is 1. The van der Waals surface area contributed by atoms with Crippen LogP contribution in [0.5, 0.6) is 0 Å². The number of fused-ring (bicyclic) bond motifs is 5. The molecule has 3 saturated heterocycles. The minimum atomic E-state index is -4.57. The van der Waals surface area contributed by atoms with Crippen LogP contribution in [0.1, 0.15) is 12.5 Å².